The Morgan fingerprint density at radius 3 is 2.69 bits per heavy atom. The average Bonchev–Trinajstić information content (AvgIpc) is 2.25. The fourth-order valence-corrected chi connectivity index (χ4v) is 1.46. The molecule has 0 aliphatic rings. The lowest BCUT2D eigenvalue weighted by atomic mass is 10.2. The number of hydrogen-bond donors (Lipinski definition) is 3. The Labute approximate surface area is 103 Å². The number of carboxylic acids is 1. The molecule has 1 aromatic rings. The van der Waals surface area contributed by atoms with Gasteiger partial charge in [0.2, 0.25) is 0 Å². The van der Waals surface area contributed by atoms with Crippen molar-refractivity contribution in [2.75, 3.05) is 17.7 Å². The normalized spacial score (nSPS) is 12.2. The molecular weight excluding hydrogens is 253 g/mol. The molecule has 0 saturated heterocycles. The van der Waals surface area contributed by atoms with Gasteiger partial charge in [-0.15, -0.1) is 11.6 Å². The van der Waals surface area contributed by atoms with Crippen molar-refractivity contribution < 1.29 is 15.0 Å². The molecule has 0 saturated carbocycles. The van der Waals surface area contributed by atoms with Gasteiger partial charge in [-0.1, -0.05) is 11.6 Å². The molecule has 0 radical (unpaired) electrons. The lowest BCUT2D eigenvalue weighted by Gasteiger charge is -2.10. The van der Waals surface area contributed by atoms with Crippen LogP contribution in [-0.4, -0.2) is 34.7 Å². The number of nitrogens with one attached hydrogen (secondary N) is 1. The summed E-state index contributed by atoms with van der Waals surface area (Å²) in [4.78, 5) is 10.7. The fourth-order valence-electron chi connectivity index (χ4n) is 1.09. The molecule has 1 rings (SSSR count). The van der Waals surface area contributed by atoms with Crippen LogP contribution in [0.1, 0.15) is 10.4 Å². The highest BCUT2D eigenvalue weighted by Crippen LogP contribution is 2.20. The Bertz CT molecular complexity index is 384. The van der Waals surface area contributed by atoms with E-state index in [9.17, 15) is 9.90 Å². The minimum atomic E-state index is -1.07. The molecule has 4 nitrogen and oxygen atoms in total. The number of benzene rings is 1. The van der Waals surface area contributed by atoms with E-state index < -0.39 is 12.1 Å². The van der Waals surface area contributed by atoms with E-state index in [4.69, 9.17) is 28.3 Å². The summed E-state index contributed by atoms with van der Waals surface area (Å²) < 4.78 is 0. The topological polar surface area (TPSA) is 69.6 Å². The summed E-state index contributed by atoms with van der Waals surface area (Å²) in [5.74, 6) is -0.939. The SMILES string of the molecule is O=C(O)c1ccc(NCC(O)CCl)cc1Cl. The number of alkyl halides is 1. The van der Waals surface area contributed by atoms with Crippen LogP contribution in [0.3, 0.4) is 0 Å². The molecule has 1 aromatic carbocycles. The van der Waals surface area contributed by atoms with Gasteiger partial charge in [0, 0.05) is 12.2 Å². The van der Waals surface area contributed by atoms with Gasteiger partial charge in [-0.25, -0.2) is 4.79 Å². The number of carbonyl (C=O) groups is 1. The molecule has 0 spiro atoms. The summed E-state index contributed by atoms with van der Waals surface area (Å²) in [6.45, 7) is 0.284. The summed E-state index contributed by atoms with van der Waals surface area (Å²) in [6.07, 6.45) is -0.653. The van der Waals surface area contributed by atoms with E-state index in [-0.39, 0.29) is 23.0 Å². The zero-order chi connectivity index (χ0) is 12.1. The monoisotopic (exact) mass is 263 g/mol. The van der Waals surface area contributed by atoms with Gasteiger partial charge < -0.3 is 15.5 Å². The van der Waals surface area contributed by atoms with E-state index in [1.165, 1.54) is 12.1 Å². The first-order valence-corrected chi connectivity index (χ1v) is 5.46. The molecule has 1 unspecified atom stereocenters. The molecule has 0 amide bonds. The molecule has 0 aliphatic heterocycles. The van der Waals surface area contributed by atoms with Crippen LogP contribution in [0.4, 0.5) is 5.69 Å². The number of aliphatic hydroxyl groups excluding tert-OH is 1. The van der Waals surface area contributed by atoms with E-state index in [0.717, 1.165) is 0 Å². The summed E-state index contributed by atoms with van der Waals surface area (Å²) in [5, 5.41) is 21.0. The van der Waals surface area contributed by atoms with Crippen molar-refractivity contribution in [3.05, 3.63) is 28.8 Å². The highest BCUT2D eigenvalue weighted by atomic mass is 35.5. The molecule has 6 heteroatoms. The average molecular weight is 264 g/mol. The van der Waals surface area contributed by atoms with E-state index in [1.807, 2.05) is 0 Å². The maximum absolute atomic E-state index is 10.7. The predicted octanol–water partition coefficient (Wildman–Crippen LogP) is 2.05. The predicted molar refractivity (Wildman–Crippen MR) is 63.6 cm³/mol. The van der Waals surface area contributed by atoms with Crippen LogP contribution in [0.25, 0.3) is 0 Å². The standard InChI is InChI=1S/C10H11Cl2NO3/c11-4-7(14)5-13-6-1-2-8(10(15)16)9(12)3-6/h1-3,7,13-14H,4-5H2,(H,15,16). The van der Waals surface area contributed by atoms with Gasteiger partial charge in [0.15, 0.2) is 0 Å². The van der Waals surface area contributed by atoms with Gasteiger partial charge in [-0.05, 0) is 18.2 Å². The molecule has 1 atom stereocenters. The third-order valence-electron chi connectivity index (χ3n) is 1.92. The number of anilines is 1. The molecule has 0 heterocycles. The fraction of sp³-hybridized carbons (Fsp3) is 0.300. The molecule has 16 heavy (non-hydrogen) atoms. The molecule has 0 fully saturated rings. The van der Waals surface area contributed by atoms with E-state index in [2.05, 4.69) is 5.32 Å². The van der Waals surface area contributed by atoms with E-state index in [1.54, 1.807) is 6.07 Å². The van der Waals surface area contributed by atoms with Crippen molar-refractivity contribution in [1.29, 1.82) is 0 Å². The molecule has 0 bridgehead atoms. The van der Waals surface area contributed by atoms with Crippen LogP contribution in [-0.2, 0) is 0 Å². The third-order valence-corrected chi connectivity index (χ3v) is 2.59. The first-order chi connectivity index (χ1) is 7.54. The number of hydrogen-bond acceptors (Lipinski definition) is 3. The van der Waals surface area contributed by atoms with Crippen LogP contribution >= 0.6 is 23.2 Å². The molecule has 0 aliphatic carbocycles. The first kappa shape index (κ1) is 13.1. The second-order valence-corrected chi connectivity index (χ2v) is 3.90. The zero-order valence-electron chi connectivity index (χ0n) is 8.28. The second kappa shape index (κ2) is 5.94. The second-order valence-electron chi connectivity index (χ2n) is 3.19. The van der Waals surface area contributed by atoms with E-state index >= 15 is 0 Å². The minimum absolute atomic E-state index is 0.0464. The van der Waals surface area contributed by atoms with Gasteiger partial charge >= 0.3 is 5.97 Å². The minimum Gasteiger partial charge on any atom is -0.478 e. The summed E-state index contributed by atoms with van der Waals surface area (Å²) in [5.41, 5.74) is 0.685. The van der Waals surface area contributed by atoms with Crippen molar-refractivity contribution in [2.45, 2.75) is 6.10 Å². The number of carboxylic acid groups (broad SMARTS) is 1. The molecule has 88 valence electrons. The van der Waals surface area contributed by atoms with Gasteiger partial charge in [0.05, 0.1) is 22.6 Å². The Hall–Kier alpha value is -0.970. The van der Waals surface area contributed by atoms with Gasteiger partial charge in [0.1, 0.15) is 0 Å². The molecule has 3 N–H and O–H groups in total. The van der Waals surface area contributed by atoms with Crippen molar-refractivity contribution in [1.82, 2.24) is 0 Å². The van der Waals surface area contributed by atoms with Crippen LogP contribution in [0.15, 0.2) is 18.2 Å². The quantitative estimate of drug-likeness (QED) is 0.712. The summed E-state index contributed by atoms with van der Waals surface area (Å²) in [6, 6.07) is 4.47. The molecular formula is C10H11Cl2NO3. The molecule has 0 aromatic heterocycles. The highest BCUT2D eigenvalue weighted by Gasteiger charge is 2.09. The summed E-state index contributed by atoms with van der Waals surface area (Å²) >= 11 is 11.2. The highest BCUT2D eigenvalue weighted by molar-refractivity contribution is 6.33. The largest absolute Gasteiger partial charge is 0.478 e. The Balaban J connectivity index is 2.70. The first-order valence-electron chi connectivity index (χ1n) is 4.55. The number of aliphatic hydroxyl groups is 1. The van der Waals surface area contributed by atoms with Crippen LogP contribution in [0, 0.1) is 0 Å². The zero-order valence-corrected chi connectivity index (χ0v) is 9.79. The van der Waals surface area contributed by atoms with Crippen molar-refractivity contribution in [2.24, 2.45) is 0 Å². The Morgan fingerprint density at radius 1 is 1.50 bits per heavy atom. The lowest BCUT2D eigenvalue weighted by Crippen LogP contribution is -2.20. The Kier molecular flexibility index (Phi) is 4.86. The number of halogens is 2. The van der Waals surface area contributed by atoms with Gasteiger partial charge in [0.25, 0.3) is 0 Å². The maximum atomic E-state index is 10.7. The third kappa shape index (κ3) is 3.56. The maximum Gasteiger partial charge on any atom is 0.337 e. The smallest absolute Gasteiger partial charge is 0.337 e. The Morgan fingerprint density at radius 2 is 2.19 bits per heavy atom. The van der Waals surface area contributed by atoms with Crippen LogP contribution in [0.5, 0.6) is 0 Å². The van der Waals surface area contributed by atoms with Crippen molar-refractivity contribution in [3.63, 3.8) is 0 Å². The van der Waals surface area contributed by atoms with Gasteiger partial charge in [-0.2, -0.15) is 0 Å². The van der Waals surface area contributed by atoms with Crippen molar-refractivity contribution >= 4 is 34.9 Å². The number of rotatable bonds is 5. The van der Waals surface area contributed by atoms with Crippen molar-refractivity contribution in [3.8, 4) is 0 Å². The summed E-state index contributed by atoms with van der Waals surface area (Å²) in [7, 11) is 0. The lowest BCUT2D eigenvalue weighted by molar-refractivity contribution is 0.0697. The van der Waals surface area contributed by atoms with Crippen LogP contribution in [0.2, 0.25) is 5.02 Å². The van der Waals surface area contributed by atoms with Crippen LogP contribution < -0.4 is 5.32 Å². The van der Waals surface area contributed by atoms with E-state index in [0.29, 0.717) is 5.69 Å². The number of aromatic carboxylic acids is 1. The van der Waals surface area contributed by atoms with Gasteiger partial charge in [-0.3, -0.25) is 0 Å².